The lowest BCUT2D eigenvalue weighted by Gasteiger charge is -2.04. The summed E-state index contributed by atoms with van der Waals surface area (Å²) < 4.78 is 9.80. The van der Waals surface area contributed by atoms with E-state index in [1.807, 2.05) is 0 Å². The number of rotatable bonds is 1. The van der Waals surface area contributed by atoms with Crippen LogP contribution in [0.5, 0.6) is 5.75 Å². The normalized spacial score (nSPS) is 10.4. The van der Waals surface area contributed by atoms with E-state index in [0.717, 1.165) is 0 Å². The van der Waals surface area contributed by atoms with Crippen LogP contribution in [0.3, 0.4) is 0 Å². The molecule has 0 fully saturated rings. The third kappa shape index (κ3) is 1.79. The van der Waals surface area contributed by atoms with Crippen molar-refractivity contribution in [3.05, 3.63) is 34.5 Å². The van der Waals surface area contributed by atoms with Crippen molar-refractivity contribution in [1.29, 1.82) is 0 Å². The highest BCUT2D eigenvalue weighted by Gasteiger charge is 2.10. The minimum Gasteiger partial charge on any atom is -0.424 e. The molecular formula is C11H9NO4. The zero-order chi connectivity index (χ0) is 11.7. The van der Waals surface area contributed by atoms with E-state index in [4.69, 9.17) is 9.15 Å². The molecule has 1 aromatic heterocycles. The van der Waals surface area contributed by atoms with E-state index in [-0.39, 0.29) is 11.6 Å². The molecule has 0 radical (unpaired) electrons. The number of esters is 1. The third-order valence-corrected chi connectivity index (χ3v) is 1.98. The Labute approximate surface area is 90.7 Å². The largest absolute Gasteiger partial charge is 0.424 e. The van der Waals surface area contributed by atoms with Gasteiger partial charge in [-0.15, -0.1) is 0 Å². The van der Waals surface area contributed by atoms with Crippen LogP contribution < -0.4 is 10.4 Å². The van der Waals surface area contributed by atoms with Crippen LogP contribution in [0.25, 0.3) is 10.9 Å². The molecule has 16 heavy (non-hydrogen) atoms. The maximum Gasteiger partial charge on any atom is 0.346 e. The van der Waals surface area contributed by atoms with Crippen LogP contribution in [0.2, 0.25) is 0 Å². The number of benzene rings is 1. The maximum atomic E-state index is 11.5. The number of aromatic nitrogens is 1. The van der Waals surface area contributed by atoms with Gasteiger partial charge in [-0.05, 0) is 12.1 Å². The molecule has 1 aromatic carbocycles. The SMILES string of the molecule is CC(=O)Oc1cccc2c(=O)oc(C)nc12. The van der Waals surface area contributed by atoms with Gasteiger partial charge in [0, 0.05) is 13.8 Å². The number of fused-ring (bicyclic) bond motifs is 1. The second kappa shape index (κ2) is 3.77. The summed E-state index contributed by atoms with van der Waals surface area (Å²) in [5.74, 6) is 0.0401. The molecule has 0 saturated carbocycles. The quantitative estimate of drug-likeness (QED) is 0.536. The van der Waals surface area contributed by atoms with E-state index in [0.29, 0.717) is 10.9 Å². The van der Waals surface area contributed by atoms with E-state index < -0.39 is 11.6 Å². The van der Waals surface area contributed by atoms with Gasteiger partial charge in [-0.2, -0.15) is 0 Å². The molecule has 2 aromatic rings. The Kier molecular flexibility index (Phi) is 2.44. The summed E-state index contributed by atoms with van der Waals surface area (Å²) in [7, 11) is 0. The smallest absolute Gasteiger partial charge is 0.346 e. The van der Waals surface area contributed by atoms with Crippen molar-refractivity contribution in [2.75, 3.05) is 0 Å². The lowest BCUT2D eigenvalue weighted by atomic mass is 10.2. The Bertz CT molecular complexity index is 615. The second-order valence-electron chi connectivity index (χ2n) is 3.27. The molecule has 0 aliphatic heterocycles. The van der Waals surface area contributed by atoms with E-state index in [2.05, 4.69) is 4.98 Å². The summed E-state index contributed by atoms with van der Waals surface area (Å²) >= 11 is 0. The van der Waals surface area contributed by atoms with Gasteiger partial charge in [-0.3, -0.25) is 4.79 Å². The van der Waals surface area contributed by atoms with Crippen LogP contribution in [0.15, 0.2) is 27.4 Å². The fraction of sp³-hybridized carbons (Fsp3) is 0.182. The number of carbonyl (C=O) groups is 1. The molecule has 0 N–H and O–H groups in total. The van der Waals surface area contributed by atoms with Gasteiger partial charge < -0.3 is 9.15 Å². The van der Waals surface area contributed by atoms with Crippen molar-refractivity contribution in [1.82, 2.24) is 4.98 Å². The van der Waals surface area contributed by atoms with E-state index in [1.165, 1.54) is 6.92 Å². The molecule has 0 atom stereocenters. The number of hydrogen-bond donors (Lipinski definition) is 0. The molecule has 2 rings (SSSR count). The number of carbonyl (C=O) groups excluding carboxylic acids is 1. The minimum absolute atomic E-state index is 0.233. The van der Waals surface area contributed by atoms with Crippen LogP contribution in [0, 0.1) is 6.92 Å². The summed E-state index contributed by atoms with van der Waals surface area (Å²) in [5.41, 5.74) is -0.150. The van der Waals surface area contributed by atoms with Crippen molar-refractivity contribution in [2.45, 2.75) is 13.8 Å². The van der Waals surface area contributed by atoms with Gasteiger partial charge in [-0.25, -0.2) is 9.78 Å². The van der Waals surface area contributed by atoms with Gasteiger partial charge in [-0.1, -0.05) is 6.07 Å². The van der Waals surface area contributed by atoms with Crippen LogP contribution in [0.1, 0.15) is 12.8 Å². The van der Waals surface area contributed by atoms with Crippen molar-refractivity contribution in [3.63, 3.8) is 0 Å². The molecule has 5 heteroatoms. The average molecular weight is 219 g/mol. The highest BCUT2D eigenvalue weighted by Crippen LogP contribution is 2.21. The maximum absolute atomic E-state index is 11.5. The monoisotopic (exact) mass is 219 g/mol. The number of para-hydroxylation sites is 1. The number of hydrogen-bond acceptors (Lipinski definition) is 5. The van der Waals surface area contributed by atoms with E-state index in [9.17, 15) is 9.59 Å². The Hall–Kier alpha value is -2.17. The lowest BCUT2D eigenvalue weighted by Crippen LogP contribution is -2.07. The lowest BCUT2D eigenvalue weighted by molar-refractivity contribution is -0.131. The first kappa shape index (κ1) is 10.4. The van der Waals surface area contributed by atoms with E-state index in [1.54, 1.807) is 25.1 Å². The zero-order valence-electron chi connectivity index (χ0n) is 8.81. The number of nitrogens with zero attached hydrogens (tertiary/aromatic N) is 1. The van der Waals surface area contributed by atoms with E-state index >= 15 is 0 Å². The van der Waals surface area contributed by atoms with Gasteiger partial charge >= 0.3 is 11.6 Å². The minimum atomic E-state index is -0.489. The molecule has 0 unspecified atom stereocenters. The molecule has 82 valence electrons. The van der Waals surface area contributed by atoms with Crippen molar-refractivity contribution < 1.29 is 13.9 Å². The first-order valence-corrected chi connectivity index (χ1v) is 4.67. The molecule has 0 aliphatic carbocycles. The highest BCUT2D eigenvalue weighted by molar-refractivity contribution is 5.85. The summed E-state index contributed by atoms with van der Waals surface area (Å²) in [4.78, 5) is 26.4. The van der Waals surface area contributed by atoms with Crippen LogP contribution in [-0.4, -0.2) is 11.0 Å². The van der Waals surface area contributed by atoms with Gasteiger partial charge in [0.15, 0.2) is 11.6 Å². The van der Waals surface area contributed by atoms with Crippen LogP contribution in [0.4, 0.5) is 0 Å². The van der Waals surface area contributed by atoms with Gasteiger partial charge in [0.2, 0.25) is 0 Å². The summed E-state index contributed by atoms with van der Waals surface area (Å²) in [6.07, 6.45) is 0. The molecule has 0 spiro atoms. The molecule has 1 heterocycles. The Morgan fingerprint density at radius 1 is 1.44 bits per heavy atom. The van der Waals surface area contributed by atoms with Crippen LogP contribution >= 0.6 is 0 Å². The first-order chi connectivity index (χ1) is 7.58. The summed E-state index contributed by atoms with van der Waals surface area (Å²) in [6.45, 7) is 2.85. The van der Waals surface area contributed by atoms with Crippen LogP contribution in [-0.2, 0) is 4.79 Å². The number of aryl methyl sites for hydroxylation is 1. The zero-order valence-corrected chi connectivity index (χ0v) is 8.81. The van der Waals surface area contributed by atoms with Gasteiger partial charge in [0.25, 0.3) is 0 Å². The Morgan fingerprint density at radius 2 is 2.19 bits per heavy atom. The average Bonchev–Trinajstić information content (AvgIpc) is 2.18. The summed E-state index contributed by atoms with van der Waals surface area (Å²) in [6, 6.07) is 4.75. The fourth-order valence-corrected chi connectivity index (χ4v) is 1.41. The topological polar surface area (TPSA) is 69.4 Å². The highest BCUT2D eigenvalue weighted by atomic mass is 16.5. The standard InChI is InChI=1S/C11H9NO4/c1-6-12-10-8(11(14)15-6)4-3-5-9(10)16-7(2)13/h3-5H,1-2H3. The Balaban J connectivity index is 2.76. The third-order valence-electron chi connectivity index (χ3n) is 1.98. The fourth-order valence-electron chi connectivity index (χ4n) is 1.41. The first-order valence-electron chi connectivity index (χ1n) is 4.67. The summed E-state index contributed by atoms with van der Waals surface area (Å²) in [5, 5.41) is 0.296. The Morgan fingerprint density at radius 3 is 2.88 bits per heavy atom. The van der Waals surface area contributed by atoms with Crippen molar-refractivity contribution >= 4 is 16.9 Å². The van der Waals surface area contributed by atoms with Gasteiger partial charge in [0.05, 0.1) is 5.39 Å². The predicted molar refractivity (Wildman–Crippen MR) is 56.3 cm³/mol. The molecular weight excluding hydrogens is 210 g/mol. The van der Waals surface area contributed by atoms with Gasteiger partial charge in [0.1, 0.15) is 5.52 Å². The van der Waals surface area contributed by atoms with Crippen molar-refractivity contribution in [2.24, 2.45) is 0 Å². The molecule has 0 bridgehead atoms. The molecule has 0 amide bonds. The van der Waals surface area contributed by atoms with Crippen molar-refractivity contribution in [3.8, 4) is 5.75 Å². The molecule has 5 nitrogen and oxygen atoms in total. The molecule has 0 saturated heterocycles. The predicted octanol–water partition coefficient (Wildman–Crippen LogP) is 1.42. The number of ether oxygens (including phenoxy) is 1. The molecule has 0 aliphatic rings. The second-order valence-corrected chi connectivity index (χ2v) is 3.27.